The van der Waals surface area contributed by atoms with Crippen LogP contribution in [0.2, 0.25) is 0 Å². The number of anilines is 4. The molecule has 0 aliphatic heterocycles. The number of ether oxygens (including phenoxy) is 1. The first-order valence-corrected chi connectivity index (χ1v) is 11.2. The van der Waals surface area contributed by atoms with Gasteiger partial charge in [0.05, 0.1) is 6.61 Å². The monoisotopic (exact) mass is 449 g/mol. The van der Waals surface area contributed by atoms with E-state index in [4.69, 9.17) is 4.98 Å². The lowest BCUT2D eigenvalue weighted by molar-refractivity contribution is -0.128. The van der Waals surface area contributed by atoms with Gasteiger partial charge in [0.2, 0.25) is 0 Å². The number of rotatable bonds is 7. The van der Waals surface area contributed by atoms with E-state index in [0.717, 1.165) is 39.2 Å². The molecule has 0 saturated heterocycles. The van der Waals surface area contributed by atoms with Crippen molar-refractivity contribution in [2.45, 2.75) is 27.2 Å². The minimum absolute atomic E-state index is 0.431. The standard InChI is InChI=1S/C21H21N5S.C3H6O2/c1-4-15-11-12-22-18(13-15)24-21-23-17-9-10-19(25-20(17)27-21)26(3)16-7-5-14(2)6-8-16;1-2-5-3-4/h5-13H,4H2,1-3H3,(H,22,23,24);3H,2H2,1H3. The molecule has 1 aromatic carbocycles. The predicted molar refractivity (Wildman–Crippen MR) is 131 cm³/mol. The molecule has 0 spiro atoms. The summed E-state index contributed by atoms with van der Waals surface area (Å²) >= 11 is 1.53. The third-order valence-electron chi connectivity index (χ3n) is 4.71. The Labute approximate surface area is 192 Å². The van der Waals surface area contributed by atoms with Gasteiger partial charge in [-0.2, -0.15) is 0 Å². The van der Waals surface area contributed by atoms with Crippen LogP contribution >= 0.6 is 11.3 Å². The van der Waals surface area contributed by atoms with E-state index >= 15 is 0 Å². The molecule has 0 fully saturated rings. The zero-order chi connectivity index (χ0) is 22.9. The minimum atomic E-state index is 0.431. The van der Waals surface area contributed by atoms with Gasteiger partial charge < -0.3 is 15.0 Å². The number of aryl methyl sites for hydroxylation is 2. The number of nitrogens with one attached hydrogen (secondary N) is 1. The molecule has 8 heteroatoms. The van der Waals surface area contributed by atoms with E-state index < -0.39 is 0 Å². The number of pyridine rings is 2. The van der Waals surface area contributed by atoms with Crippen LogP contribution in [0.3, 0.4) is 0 Å². The highest BCUT2D eigenvalue weighted by Crippen LogP contribution is 2.30. The highest BCUT2D eigenvalue weighted by molar-refractivity contribution is 7.21. The molecule has 7 nitrogen and oxygen atoms in total. The first kappa shape index (κ1) is 23.1. The molecule has 0 radical (unpaired) electrons. The van der Waals surface area contributed by atoms with E-state index in [2.05, 4.69) is 69.1 Å². The molecule has 1 N–H and O–H groups in total. The molecule has 3 aromatic heterocycles. The third-order valence-corrected chi connectivity index (χ3v) is 5.59. The lowest BCUT2D eigenvalue weighted by atomic mass is 10.2. The summed E-state index contributed by atoms with van der Waals surface area (Å²) in [5.74, 6) is 1.71. The molecule has 0 unspecified atom stereocenters. The van der Waals surface area contributed by atoms with Gasteiger partial charge in [-0.3, -0.25) is 4.79 Å². The van der Waals surface area contributed by atoms with Crippen molar-refractivity contribution in [3.63, 3.8) is 0 Å². The molecule has 4 aromatic rings. The van der Waals surface area contributed by atoms with Crippen molar-refractivity contribution in [2.75, 3.05) is 23.9 Å². The first-order chi connectivity index (χ1) is 15.5. The fourth-order valence-corrected chi connectivity index (χ4v) is 3.73. The second-order valence-corrected chi connectivity index (χ2v) is 7.96. The van der Waals surface area contributed by atoms with E-state index in [0.29, 0.717) is 13.1 Å². The minimum Gasteiger partial charge on any atom is -0.468 e. The molecule has 0 aliphatic rings. The van der Waals surface area contributed by atoms with Crippen molar-refractivity contribution in [3.8, 4) is 0 Å². The van der Waals surface area contributed by atoms with Crippen molar-refractivity contribution in [1.29, 1.82) is 0 Å². The Balaban J connectivity index is 0.000000523. The average Bonchev–Trinajstić information content (AvgIpc) is 3.21. The van der Waals surface area contributed by atoms with Crippen LogP contribution in [0.25, 0.3) is 10.3 Å². The highest BCUT2D eigenvalue weighted by Gasteiger charge is 2.10. The number of fused-ring (bicyclic) bond motifs is 1. The number of aromatic nitrogens is 3. The molecule has 0 bridgehead atoms. The fraction of sp³-hybridized carbons (Fsp3) is 0.250. The van der Waals surface area contributed by atoms with E-state index in [9.17, 15) is 4.79 Å². The quantitative estimate of drug-likeness (QED) is 0.365. The van der Waals surface area contributed by atoms with Crippen molar-refractivity contribution in [2.24, 2.45) is 0 Å². The maximum Gasteiger partial charge on any atom is 0.293 e. The zero-order valence-corrected chi connectivity index (χ0v) is 19.5. The van der Waals surface area contributed by atoms with Crippen LogP contribution in [0, 0.1) is 6.92 Å². The summed E-state index contributed by atoms with van der Waals surface area (Å²) in [5, 5.41) is 4.10. The summed E-state index contributed by atoms with van der Waals surface area (Å²) in [6, 6.07) is 16.5. The summed E-state index contributed by atoms with van der Waals surface area (Å²) in [5.41, 5.74) is 4.48. The maximum absolute atomic E-state index is 9.18. The van der Waals surface area contributed by atoms with Gasteiger partial charge in [0.25, 0.3) is 6.47 Å². The van der Waals surface area contributed by atoms with Gasteiger partial charge in [0.15, 0.2) is 5.13 Å². The lowest BCUT2D eigenvalue weighted by Crippen LogP contribution is -2.10. The van der Waals surface area contributed by atoms with E-state index in [1.54, 1.807) is 6.92 Å². The van der Waals surface area contributed by atoms with Gasteiger partial charge in [-0.1, -0.05) is 36.0 Å². The van der Waals surface area contributed by atoms with Crippen LogP contribution in [0.15, 0.2) is 54.7 Å². The normalized spacial score (nSPS) is 10.2. The molecule has 32 heavy (non-hydrogen) atoms. The van der Waals surface area contributed by atoms with E-state index in [1.165, 1.54) is 22.5 Å². The summed E-state index contributed by atoms with van der Waals surface area (Å²) < 4.78 is 4.15. The van der Waals surface area contributed by atoms with E-state index in [-0.39, 0.29) is 0 Å². The summed E-state index contributed by atoms with van der Waals surface area (Å²) in [6.45, 7) is 6.88. The lowest BCUT2D eigenvalue weighted by Gasteiger charge is -2.18. The molecule has 0 atom stereocenters. The Morgan fingerprint density at radius 3 is 2.53 bits per heavy atom. The predicted octanol–water partition coefficient (Wildman–Crippen LogP) is 5.65. The van der Waals surface area contributed by atoms with Crippen LogP contribution in [0.4, 0.5) is 22.5 Å². The summed E-state index contributed by atoms with van der Waals surface area (Å²) in [7, 11) is 2.03. The molecular weight excluding hydrogens is 422 g/mol. The number of nitrogens with zero attached hydrogens (tertiary/aromatic N) is 4. The zero-order valence-electron chi connectivity index (χ0n) is 18.7. The Hall–Kier alpha value is -3.52. The van der Waals surface area contributed by atoms with Gasteiger partial charge in [-0.15, -0.1) is 0 Å². The maximum atomic E-state index is 9.18. The Bertz CT molecular complexity index is 1160. The average molecular weight is 450 g/mol. The van der Waals surface area contributed by atoms with Crippen LogP contribution in [-0.4, -0.2) is 35.1 Å². The molecule has 4 rings (SSSR count). The summed E-state index contributed by atoms with van der Waals surface area (Å²) in [6.07, 6.45) is 2.80. The number of hydrogen-bond acceptors (Lipinski definition) is 8. The fourth-order valence-electron chi connectivity index (χ4n) is 2.89. The number of hydrogen-bond donors (Lipinski definition) is 1. The van der Waals surface area contributed by atoms with Crippen LogP contribution in [-0.2, 0) is 16.0 Å². The summed E-state index contributed by atoms with van der Waals surface area (Å²) in [4.78, 5) is 26.0. The van der Waals surface area contributed by atoms with Gasteiger partial charge in [0.1, 0.15) is 22.0 Å². The van der Waals surface area contributed by atoms with Crippen molar-refractivity contribution >= 4 is 50.6 Å². The van der Waals surface area contributed by atoms with Crippen molar-refractivity contribution < 1.29 is 9.53 Å². The molecule has 0 aliphatic carbocycles. The van der Waals surface area contributed by atoms with Crippen molar-refractivity contribution in [3.05, 3.63) is 65.9 Å². The van der Waals surface area contributed by atoms with Crippen molar-refractivity contribution in [1.82, 2.24) is 15.0 Å². The van der Waals surface area contributed by atoms with Gasteiger partial charge in [-0.25, -0.2) is 15.0 Å². The number of carbonyl (C=O) groups excluding carboxylic acids is 1. The Morgan fingerprint density at radius 1 is 1.09 bits per heavy atom. The Morgan fingerprint density at radius 2 is 1.88 bits per heavy atom. The van der Waals surface area contributed by atoms with E-state index in [1.807, 2.05) is 31.4 Å². The molecule has 0 saturated carbocycles. The topological polar surface area (TPSA) is 80.2 Å². The van der Waals surface area contributed by atoms with Gasteiger partial charge in [-0.05, 0) is 62.2 Å². The smallest absolute Gasteiger partial charge is 0.293 e. The second kappa shape index (κ2) is 11.2. The third kappa shape index (κ3) is 6.01. The highest BCUT2D eigenvalue weighted by atomic mass is 32.1. The second-order valence-electron chi connectivity index (χ2n) is 6.99. The molecule has 3 heterocycles. The van der Waals surface area contributed by atoms with Gasteiger partial charge >= 0.3 is 0 Å². The first-order valence-electron chi connectivity index (χ1n) is 10.4. The molecular formula is C24H27N5O2S. The number of thiazole rings is 1. The largest absolute Gasteiger partial charge is 0.468 e. The molecule has 166 valence electrons. The number of carbonyl (C=O) groups is 1. The molecule has 0 amide bonds. The van der Waals surface area contributed by atoms with Crippen LogP contribution in [0.1, 0.15) is 25.0 Å². The number of benzene rings is 1. The van der Waals surface area contributed by atoms with Gasteiger partial charge in [0, 0.05) is 18.9 Å². The SMILES string of the molecule is CCOC=O.CCc1ccnc(Nc2nc3ccc(N(C)c4ccc(C)cc4)nc3s2)c1. The van der Waals surface area contributed by atoms with Crippen LogP contribution in [0.5, 0.6) is 0 Å². The Kier molecular flexibility index (Phi) is 8.10. The van der Waals surface area contributed by atoms with Crippen LogP contribution < -0.4 is 10.2 Å².